The molecule has 0 aromatic heterocycles. The summed E-state index contributed by atoms with van der Waals surface area (Å²) in [4.78, 5) is 11.9. The minimum absolute atomic E-state index is 0.0818. The van der Waals surface area contributed by atoms with E-state index in [1.807, 2.05) is 6.07 Å². The van der Waals surface area contributed by atoms with Crippen LogP contribution < -0.4 is 11.1 Å². The van der Waals surface area contributed by atoms with Crippen LogP contribution in [0.3, 0.4) is 0 Å². The molecule has 0 aliphatic carbocycles. The van der Waals surface area contributed by atoms with Gasteiger partial charge < -0.3 is 11.1 Å². The van der Waals surface area contributed by atoms with Crippen molar-refractivity contribution < 1.29 is 4.79 Å². The predicted octanol–water partition coefficient (Wildman–Crippen LogP) is 4.10. The number of benzene rings is 2. The summed E-state index contributed by atoms with van der Waals surface area (Å²) < 4.78 is 0. The van der Waals surface area contributed by atoms with E-state index in [4.69, 9.17) is 17.3 Å². The minimum Gasteiger partial charge on any atom is -0.397 e. The third-order valence-corrected chi connectivity index (χ3v) is 4.11. The van der Waals surface area contributed by atoms with Gasteiger partial charge in [0.1, 0.15) is 0 Å². The molecule has 0 saturated heterocycles. The van der Waals surface area contributed by atoms with E-state index in [1.165, 1.54) is 11.1 Å². The molecule has 110 valence electrons. The summed E-state index contributed by atoms with van der Waals surface area (Å²) in [5.41, 5.74) is 9.31. The zero-order valence-electron chi connectivity index (χ0n) is 11.7. The van der Waals surface area contributed by atoms with E-state index in [2.05, 4.69) is 30.4 Å². The molecule has 0 heterocycles. The Balaban J connectivity index is 1.84. The number of nitrogens with one attached hydrogen (secondary N) is 1. The van der Waals surface area contributed by atoms with Crippen LogP contribution in [-0.2, 0) is 10.5 Å². The highest BCUT2D eigenvalue weighted by Gasteiger charge is 2.06. The first-order valence-corrected chi connectivity index (χ1v) is 8.06. The molecule has 2 rings (SSSR count). The molecule has 2 aromatic carbocycles. The minimum atomic E-state index is -0.0818. The predicted molar refractivity (Wildman–Crippen MR) is 91.8 cm³/mol. The van der Waals surface area contributed by atoms with Crippen molar-refractivity contribution in [2.45, 2.75) is 12.7 Å². The first-order chi connectivity index (χ1) is 10.0. The molecule has 0 radical (unpaired) electrons. The Labute approximate surface area is 133 Å². The fourth-order valence-corrected chi connectivity index (χ4v) is 2.83. The lowest BCUT2D eigenvalue weighted by molar-refractivity contribution is -0.113. The average Bonchev–Trinajstić information content (AvgIpc) is 2.43. The molecule has 0 aliphatic rings. The molecule has 1 amide bonds. The maximum Gasteiger partial charge on any atom is 0.234 e. The number of anilines is 2. The topological polar surface area (TPSA) is 55.1 Å². The van der Waals surface area contributed by atoms with Gasteiger partial charge in [-0.3, -0.25) is 4.79 Å². The SMILES string of the molecule is Cc1cccc(CSCC(=O)Nc2cc(Cl)ccc2N)c1. The Bertz CT molecular complexity index is 646. The molecule has 0 fully saturated rings. The van der Waals surface area contributed by atoms with Crippen LogP contribution in [0, 0.1) is 6.92 Å². The molecule has 0 unspecified atom stereocenters. The molecule has 3 N–H and O–H groups in total. The second-order valence-electron chi connectivity index (χ2n) is 4.76. The third-order valence-electron chi connectivity index (χ3n) is 2.87. The largest absolute Gasteiger partial charge is 0.397 e. The molecule has 5 heteroatoms. The van der Waals surface area contributed by atoms with Crippen molar-refractivity contribution >= 4 is 40.6 Å². The standard InChI is InChI=1S/C16H17ClN2OS/c1-11-3-2-4-12(7-11)9-21-10-16(20)19-15-8-13(17)5-6-14(15)18/h2-8H,9-10,18H2,1H3,(H,19,20). The van der Waals surface area contributed by atoms with Crippen molar-refractivity contribution in [1.82, 2.24) is 0 Å². The van der Waals surface area contributed by atoms with Gasteiger partial charge in [-0.25, -0.2) is 0 Å². The quantitative estimate of drug-likeness (QED) is 0.815. The second kappa shape index (κ2) is 7.38. The van der Waals surface area contributed by atoms with E-state index in [9.17, 15) is 4.79 Å². The lowest BCUT2D eigenvalue weighted by Crippen LogP contribution is -2.15. The second-order valence-corrected chi connectivity index (χ2v) is 6.18. The Morgan fingerprint density at radius 2 is 2.10 bits per heavy atom. The lowest BCUT2D eigenvalue weighted by Gasteiger charge is -2.08. The fourth-order valence-electron chi connectivity index (χ4n) is 1.89. The van der Waals surface area contributed by atoms with Crippen LogP contribution in [0.5, 0.6) is 0 Å². The number of nitrogen functional groups attached to an aromatic ring is 1. The number of rotatable bonds is 5. The van der Waals surface area contributed by atoms with Crippen LogP contribution in [0.1, 0.15) is 11.1 Å². The number of carbonyl (C=O) groups is 1. The van der Waals surface area contributed by atoms with Crippen molar-refractivity contribution in [1.29, 1.82) is 0 Å². The van der Waals surface area contributed by atoms with Gasteiger partial charge in [0.2, 0.25) is 5.91 Å². The summed E-state index contributed by atoms with van der Waals surface area (Å²) in [5, 5.41) is 3.33. The molecular formula is C16H17ClN2OS. The molecule has 0 atom stereocenters. The number of halogens is 1. The van der Waals surface area contributed by atoms with E-state index < -0.39 is 0 Å². The highest BCUT2D eigenvalue weighted by Crippen LogP contribution is 2.23. The molecule has 2 aromatic rings. The van der Waals surface area contributed by atoms with Gasteiger partial charge in [0.15, 0.2) is 0 Å². The lowest BCUT2D eigenvalue weighted by atomic mass is 10.2. The maximum absolute atomic E-state index is 11.9. The zero-order valence-corrected chi connectivity index (χ0v) is 13.3. The van der Waals surface area contributed by atoms with Gasteiger partial charge in [-0.2, -0.15) is 0 Å². The van der Waals surface area contributed by atoms with Crippen molar-refractivity contribution in [2.24, 2.45) is 0 Å². The smallest absolute Gasteiger partial charge is 0.234 e. The Morgan fingerprint density at radius 3 is 2.86 bits per heavy atom. The number of carbonyl (C=O) groups excluding carboxylic acids is 1. The highest BCUT2D eigenvalue weighted by atomic mass is 35.5. The summed E-state index contributed by atoms with van der Waals surface area (Å²) in [6, 6.07) is 13.3. The van der Waals surface area contributed by atoms with Crippen molar-refractivity contribution in [3.05, 3.63) is 58.6 Å². The van der Waals surface area contributed by atoms with Crippen molar-refractivity contribution in [3.8, 4) is 0 Å². The van der Waals surface area contributed by atoms with Crippen molar-refractivity contribution in [3.63, 3.8) is 0 Å². The first-order valence-electron chi connectivity index (χ1n) is 6.53. The number of hydrogen-bond donors (Lipinski definition) is 2. The number of hydrogen-bond acceptors (Lipinski definition) is 3. The number of thioether (sulfide) groups is 1. The van der Waals surface area contributed by atoms with Crippen LogP contribution in [0.15, 0.2) is 42.5 Å². The van der Waals surface area contributed by atoms with Gasteiger partial charge >= 0.3 is 0 Å². The summed E-state index contributed by atoms with van der Waals surface area (Å²) in [7, 11) is 0. The Morgan fingerprint density at radius 1 is 1.29 bits per heavy atom. The molecule has 0 spiro atoms. The Kier molecular flexibility index (Phi) is 5.53. The molecule has 0 saturated carbocycles. The molecule has 0 bridgehead atoms. The average molecular weight is 321 g/mol. The summed E-state index contributed by atoms with van der Waals surface area (Å²) in [6.45, 7) is 2.06. The number of amides is 1. The van der Waals surface area contributed by atoms with Gasteiger partial charge in [0.05, 0.1) is 17.1 Å². The van der Waals surface area contributed by atoms with Crippen LogP contribution in [0.2, 0.25) is 5.02 Å². The van der Waals surface area contributed by atoms with Crippen LogP contribution in [0.25, 0.3) is 0 Å². The maximum atomic E-state index is 11.9. The molecule has 3 nitrogen and oxygen atoms in total. The molecular weight excluding hydrogens is 304 g/mol. The van der Waals surface area contributed by atoms with E-state index in [0.29, 0.717) is 22.2 Å². The summed E-state index contributed by atoms with van der Waals surface area (Å²) in [5.74, 6) is 1.10. The van der Waals surface area contributed by atoms with Crippen LogP contribution in [-0.4, -0.2) is 11.7 Å². The number of aryl methyl sites for hydroxylation is 1. The van der Waals surface area contributed by atoms with E-state index in [1.54, 1.807) is 30.0 Å². The van der Waals surface area contributed by atoms with Crippen molar-refractivity contribution in [2.75, 3.05) is 16.8 Å². The first kappa shape index (κ1) is 15.7. The summed E-state index contributed by atoms with van der Waals surface area (Å²) in [6.07, 6.45) is 0. The van der Waals surface area contributed by atoms with E-state index >= 15 is 0 Å². The third kappa shape index (κ3) is 4.99. The van der Waals surface area contributed by atoms with Crippen LogP contribution >= 0.6 is 23.4 Å². The zero-order chi connectivity index (χ0) is 15.2. The normalized spacial score (nSPS) is 10.4. The van der Waals surface area contributed by atoms with Gasteiger partial charge in [-0.15, -0.1) is 11.8 Å². The molecule has 21 heavy (non-hydrogen) atoms. The van der Waals surface area contributed by atoms with Crippen LogP contribution in [0.4, 0.5) is 11.4 Å². The summed E-state index contributed by atoms with van der Waals surface area (Å²) >= 11 is 7.45. The number of nitrogens with two attached hydrogens (primary N) is 1. The highest BCUT2D eigenvalue weighted by molar-refractivity contribution is 7.99. The van der Waals surface area contributed by atoms with Gasteiger partial charge in [-0.1, -0.05) is 41.4 Å². The Hall–Kier alpha value is -1.65. The molecule has 0 aliphatic heterocycles. The van der Waals surface area contributed by atoms with E-state index in [-0.39, 0.29) is 5.91 Å². The van der Waals surface area contributed by atoms with Gasteiger partial charge in [0, 0.05) is 10.8 Å². The monoisotopic (exact) mass is 320 g/mol. The van der Waals surface area contributed by atoms with E-state index in [0.717, 1.165) is 5.75 Å². The van der Waals surface area contributed by atoms with Gasteiger partial charge in [0.25, 0.3) is 0 Å². The van der Waals surface area contributed by atoms with Gasteiger partial charge in [-0.05, 0) is 30.7 Å². The fraction of sp³-hybridized carbons (Fsp3) is 0.188.